The number of sulfonamides is 1. The number of H-pyrrole nitrogens is 1. The summed E-state index contributed by atoms with van der Waals surface area (Å²) in [6.45, 7) is 1.86. The number of quaternary nitrogens is 1. The van der Waals surface area contributed by atoms with Crippen molar-refractivity contribution in [3.05, 3.63) is 64.4 Å². The van der Waals surface area contributed by atoms with Crippen LogP contribution in [0.25, 0.3) is 0 Å². The molecule has 1 spiro atoms. The molecule has 234 valence electrons. The first-order valence-electron chi connectivity index (χ1n) is 15.5. The Kier molecular flexibility index (Phi) is 8.56. The van der Waals surface area contributed by atoms with Crippen LogP contribution >= 0.6 is 11.6 Å². The first-order valence-corrected chi connectivity index (χ1v) is 17.3. The number of aromatic nitrogens is 1. The van der Waals surface area contributed by atoms with Crippen molar-refractivity contribution in [1.82, 2.24) is 9.62 Å². The SMILES string of the molecule is O=C(C1C[NH2+]C[C@]12CCC(NS(=O)(=O)C(F)(F)F)c1[nH+]c(Cl)ccc12)N1CC[C@@H](c2ccccc2)C[C@H]1C1CCCCC1. The van der Waals surface area contributed by atoms with Gasteiger partial charge in [0.15, 0.2) is 0 Å². The molecular formula is C31H40ClF3N4O3S+2. The van der Waals surface area contributed by atoms with Crippen LogP contribution in [0.4, 0.5) is 13.2 Å². The van der Waals surface area contributed by atoms with E-state index in [-0.39, 0.29) is 29.4 Å². The van der Waals surface area contributed by atoms with E-state index in [1.807, 2.05) is 10.8 Å². The smallest absolute Gasteiger partial charge is 0.345 e. The van der Waals surface area contributed by atoms with Gasteiger partial charge >= 0.3 is 15.5 Å². The topological polar surface area (TPSA) is 97.2 Å². The molecule has 2 saturated heterocycles. The molecule has 3 fully saturated rings. The number of benzene rings is 1. The van der Waals surface area contributed by atoms with Crippen LogP contribution in [-0.4, -0.2) is 50.4 Å². The minimum Gasteiger partial charge on any atom is -0.345 e. The van der Waals surface area contributed by atoms with Crippen LogP contribution in [0.2, 0.25) is 5.15 Å². The number of piperidine rings is 1. The van der Waals surface area contributed by atoms with Gasteiger partial charge in [0.1, 0.15) is 12.0 Å². The third kappa shape index (κ3) is 5.82. The highest BCUT2D eigenvalue weighted by Crippen LogP contribution is 2.48. The van der Waals surface area contributed by atoms with E-state index in [1.54, 1.807) is 12.1 Å². The summed E-state index contributed by atoms with van der Waals surface area (Å²) in [6.07, 6.45) is 8.17. The van der Waals surface area contributed by atoms with Crippen molar-refractivity contribution in [2.24, 2.45) is 11.8 Å². The van der Waals surface area contributed by atoms with Gasteiger partial charge < -0.3 is 10.2 Å². The number of likely N-dealkylation sites (tertiary alicyclic amines) is 1. The number of amides is 1. The van der Waals surface area contributed by atoms with Crippen LogP contribution < -0.4 is 15.0 Å². The van der Waals surface area contributed by atoms with E-state index in [9.17, 15) is 26.4 Å². The number of nitrogens with one attached hydrogen (secondary N) is 2. The maximum Gasteiger partial charge on any atom is 0.511 e. The molecule has 5 atom stereocenters. The van der Waals surface area contributed by atoms with Gasteiger partial charge in [-0.2, -0.15) is 22.9 Å². The standard InChI is InChI=1S/C31H38ClF3N4O3S/c32-27-12-11-23-28(37-27)25(38-43(41,42)31(33,34)35)13-15-30(23)19-36-18-24(30)29(40)39-16-14-22(20-7-3-1-4-8-20)17-26(39)21-9-5-2-6-10-21/h1,3-4,7-8,11-12,21-22,24-26,36,38H,2,5-6,9-10,13-19H2/p+2/t22-,24?,25?,26+,30+/m1/s1. The van der Waals surface area contributed by atoms with Crippen LogP contribution in [0.5, 0.6) is 0 Å². The Morgan fingerprint density at radius 3 is 2.51 bits per heavy atom. The van der Waals surface area contributed by atoms with Gasteiger partial charge in [-0.1, -0.05) is 49.6 Å². The van der Waals surface area contributed by atoms with E-state index >= 15 is 0 Å². The second-order valence-electron chi connectivity index (χ2n) is 12.9. The molecule has 12 heteroatoms. The zero-order valence-corrected chi connectivity index (χ0v) is 25.7. The monoisotopic (exact) mass is 640 g/mol. The van der Waals surface area contributed by atoms with Gasteiger partial charge in [-0.3, -0.25) is 4.79 Å². The molecule has 2 aliphatic heterocycles. The second-order valence-corrected chi connectivity index (χ2v) is 15.0. The van der Waals surface area contributed by atoms with Gasteiger partial charge in [0.05, 0.1) is 18.5 Å². The number of nitrogens with two attached hydrogens (primary N) is 1. The third-order valence-corrected chi connectivity index (χ3v) is 12.0. The molecule has 1 aromatic heterocycles. The molecule has 4 N–H and O–H groups in total. The first-order chi connectivity index (χ1) is 20.5. The van der Waals surface area contributed by atoms with E-state index in [2.05, 4.69) is 39.5 Å². The number of pyridine rings is 1. The molecule has 2 aliphatic carbocycles. The highest BCUT2D eigenvalue weighted by Gasteiger charge is 2.59. The van der Waals surface area contributed by atoms with Gasteiger partial charge in [0, 0.05) is 24.2 Å². The van der Waals surface area contributed by atoms with Crippen LogP contribution in [0.1, 0.15) is 86.6 Å². The van der Waals surface area contributed by atoms with Crippen LogP contribution in [-0.2, 0) is 20.2 Å². The number of carbonyl (C=O) groups excluding carboxylic acids is 1. The van der Waals surface area contributed by atoms with Gasteiger partial charge in [-0.15, -0.1) is 0 Å². The maximum atomic E-state index is 14.7. The van der Waals surface area contributed by atoms with Crippen molar-refractivity contribution in [1.29, 1.82) is 0 Å². The largest absolute Gasteiger partial charge is 0.511 e. The molecule has 43 heavy (non-hydrogen) atoms. The minimum atomic E-state index is -5.58. The van der Waals surface area contributed by atoms with Gasteiger partial charge in [0.2, 0.25) is 11.6 Å². The second kappa shape index (κ2) is 11.9. The lowest BCUT2D eigenvalue weighted by atomic mass is 9.64. The summed E-state index contributed by atoms with van der Waals surface area (Å²) >= 11 is 6.25. The fourth-order valence-electron chi connectivity index (χ4n) is 8.50. The van der Waals surface area contributed by atoms with Crippen molar-refractivity contribution in [3.63, 3.8) is 0 Å². The summed E-state index contributed by atoms with van der Waals surface area (Å²) in [5.41, 5.74) is -3.76. The molecule has 0 radical (unpaired) electrons. The minimum absolute atomic E-state index is 0.117. The highest BCUT2D eigenvalue weighted by molar-refractivity contribution is 7.90. The van der Waals surface area contributed by atoms with Crippen LogP contribution in [0.15, 0.2) is 42.5 Å². The van der Waals surface area contributed by atoms with Gasteiger partial charge in [0.25, 0.3) is 5.15 Å². The highest BCUT2D eigenvalue weighted by atomic mass is 35.5. The number of hydrogen-bond acceptors (Lipinski definition) is 3. The van der Waals surface area contributed by atoms with Gasteiger partial charge in [-0.25, -0.2) is 8.42 Å². The molecule has 6 rings (SSSR count). The molecule has 4 aliphatic rings. The molecule has 7 nitrogen and oxygen atoms in total. The predicted molar refractivity (Wildman–Crippen MR) is 155 cm³/mol. The van der Waals surface area contributed by atoms with Crippen molar-refractivity contribution in [2.45, 2.75) is 86.7 Å². The zero-order valence-electron chi connectivity index (χ0n) is 24.1. The van der Waals surface area contributed by atoms with Crippen molar-refractivity contribution >= 4 is 27.5 Å². The summed E-state index contributed by atoms with van der Waals surface area (Å²) in [4.78, 5) is 19.8. The Morgan fingerprint density at radius 1 is 1.05 bits per heavy atom. The summed E-state index contributed by atoms with van der Waals surface area (Å²) in [5, 5.41) is 2.31. The number of alkyl halides is 3. The Hall–Kier alpha value is -2.21. The normalized spacial score (nSPS) is 30.4. The number of rotatable bonds is 5. The molecule has 3 heterocycles. The molecule has 2 aromatic rings. The zero-order chi connectivity index (χ0) is 30.4. The Morgan fingerprint density at radius 2 is 1.79 bits per heavy atom. The lowest BCUT2D eigenvalue weighted by Crippen LogP contribution is -2.82. The molecular weight excluding hydrogens is 601 g/mol. The Labute approximate surface area is 256 Å². The predicted octanol–water partition coefficient (Wildman–Crippen LogP) is 4.21. The fourth-order valence-corrected chi connectivity index (χ4v) is 9.41. The number of carbonyl (C=O) groups is 1. The number of hydrogen-bond donors (Lipinski definition) is 2. The lowest BCUT2D eigenvalue weighted by Gasteiger charge is -2.47. The van der Waals surface area contributed by atoms with E-state index in [4.69, 9.17) is 11.6 Å². The van der Waals surface area contributed by atoms with E-state index in [1.165, 1.54) is 24.8 Å². The summed E-state index contributed by atoms with van der Waals surface area (Å²) in [7, 11) is -5.58. The van der Waals surface area contributed by atoms with Crippen molar-refractivity contribution in [2.75, 3.05) is 19.6 Å². The number of nitrogens with zero attached hydrogens (tertiary/aromatic N) is 1. The number of aromatic amines is 1. The third-order valence-electron chi connectivity index (χ3n) is 10.6. The fraction of sp³-hybridized carbons (Fsp3) is 0.613. The molecule has 1 amide bonds. The summed E-state index contributed by atoms with van der Waals surface area (Å²) < 4.78 is 65.9. The number of halogens is 4. The number of fused-ring (bicyclic) bond motifs is 2. The average Bonchev–Trinajstić information content (AvgIpc) is 3.42. The van der Waals surface area contributed by atoms with E-state index in [0.29, 0.717) is 49.1 Å². The Balaban J connectivity index is 1.31. The first kappa shape index (κ1) is 30.8. The molecule has 0 bridgehead atoms. The van der Waals surface area contributed by atoms with Crippen molar-refractivity contribution in [3.8, 4) is 0 Å². The Bertz CT molecular complexity index is 1440. The summed E-state index contributed by atoms with van der Waals surface area (Å²) in [5.74, 6) is 0.597. The maximum absolute atomic E-state index is 14.7. The molecule has 1 saturated carbocycles. The lowest BCUT2D eigenvalue weighted by molar-refractivity contribution is -0.640. The van der Waals surface area contributed by atoms with Crippen molar-refractivity contribution < 1.29 is 36.7 Å². The molecule has 1 aromatic carbocycles. The quantitative estimate of drug-likeness (QED) is 0.479. The van der Waals surface area contributed by atoms with E-state index < -0.39 is 27.0 Å². The summed E-state index contributed by atoms with van der Waals surface area (Å²) in [6, 6.07) is 13.0. The van der Waals surface area contributed by atoms with Gasteiger partial charge in [-0.05, 0) is 73.6 Å². The van der Waals surface area contributed by atoms with Crippen LogP contribution in [0, 0.1) is 11.8 Å². The van der Waals surface area contributed by atoms with Crippen LogP contribution in [0.3, 0.4) is 0 Å². The average molecular weight is 641 g/mol. The van der Waals surface area contributed by atoms with E-state index in [0.717, 1.165) is 25.7 Å². The molecule has 2 unspecified atom stereocenters.